The van der Waals surface area contributed by atoms with Crippen LogP contribution in [-0.4, -0.2) is 17.5 Å². The molecule has 0 radical (unpaired) electrons. The second-order valence-corrected chi connectivity index (χ2v) is 2.52. The molecule has 0 aliphatic carbocycles. The predicted molar refractivity (Wildman–Crippen MR) is 51.8 cm³/mol. The van der Waals surface area contributed by atoms with Crippen LogP contribution in [0, 0.1) is 0 Å². The molecule has 0 aliphatic rings. The molecule has 0 spiro atoms. The van der Waals surface area contributed by atoms with Gasteiger partial charge in [0.15, 0.2) is 0 Å². The summed E-state index contributed by atoms with van der Waals surface area (Å²) in [6.07, 6.45) is 4.36. The topological polar surface area (TPSA) is 89.3 Å². The first-order valence-corrected chi connectivity index (χ1v) is 3.98. The molecule has 0 saturated carbocycles. The first kappa shape index (κ1) is 9.47. The molecular weight excluding hydrogens is 166 g/mol. The van der Waals surface area contributed by atoms with E-state index in [9.17, 15) is 0 Å². The van der Waals surface area contributed by atoms with E-state index in [1.165, 1.54) is 0 Å². The molecule has 0 aromatic carbocycles. The summed E-state index contributed by atoms with van der Waals surface area (Å²) < 4.78 is 0. The van der Waals surface area contributed by atoms with Gasteiger partial charge >= 0.3 is 0 Å². The van der Waals surface area contributed by atoms with Crippen LogP contribution in [-0.2, 0) is 6.42 Å². The van der Waals surface area contributed by atoms with Crippen LogP contribution < -0.4 is 17.0 Å². The van der Waals surface area contributed by atoms with Crippen molar-refractivity contribution in [3.8, 4) is 0 Å². The van der Waals surface area contributed by atoms with E-state index in [0.29, 0.717) is 6.54 Å². The number of rotatable bonds is 3. The average molecular weight is 179 g/mol. The van der Waals surface area contributed by atoms with E-state index in [2.05, 4.69) is 15.4 Å². The summed E-state index contributed by atoms with van der Waals surface area (Å²) in [5.41, 5.74) is 8.73. The van der Waals surface area contributed by atoms with E-state index >= 15 is 0 Å². The molecular formula is C8H13N5. The van der Waals surface area contributed by atoms with Crippen molar-refractivity contribution < 1.29 is 0 Å². The third-order valence-corrected chi connectivity index (χ3v) is 1.55. The zero-order valence-electron chi connectivity index (χ0n) is 7.27. The van der Waals surface area contributed by atoms with Gasteiger partial charge in [0.05, 0.1) is 0 Å². The molecule has 0 amide bonds. The molecule has 0 unspecified atom stereocenters. The molecule has 13 heavy (non-hydrogen) atoms. The van der Waals surface area contributed by atoms with Crippen molar-refractivity contribution in [2.24, 2.45) is 16.6 Å². The van der Waals surface area contributed by atoms with Crippen LogP contribution in [0.15, 0.2) is 29.5 Å². The number of hydrogen-bond acceptors (Lipinski definition) is 3. The molecule has 0 atom stereocenters. The Morgan fingerprint density at radius 1 is 1.62 bits per heavy atom. The summed E-state index contributed by atoms with van der Waals surface area (Å²) in [6, 6.07) is 3.89. The first-order valence-electron chi connectivity index (χ1n) is 3.98. The van der Waals surface area contributed by atoms with Crippen molar-refractivity contribution in [2.45, 2.75) is 6.42 Å². The zero-order valence-corrected chi connectivity index (χ0v) is 7.27. The van der Waals surface area contributed by atoms with Crippen LogP contribution in [0.2, 0.25) is 0 Å². The lowest BCUT2D eigenvalue weighted by molar-refractivity contribution is 0.918. The highest BCUT2D eigenvalue weighted by Crippen LogP contribution is 1.96. The molecule has 1 aromatic heterocycles. The van der Waals surface area contributed by atoms with Crippen LogP contribution >= 0.6 is 0 Å². The molecule has 1 aromatic rings. The number of nitrogens with two attached hydrogens (primary N) is 2. The van der Waals surface area contributed by atoms with Crippen molar-refractivity contribution in [1.29, 1.82) is 0 Å². The van der Waals surface area contributed by atoms with Gasteiger partial charge in [0.25, 0.3) is 0 Å². The number of hydrogen-bond donors (Lipinski definition) is 3. The van der Waals surface area contributed by atoms with Crippen LogP contribution in [0.4, 0.5) is 0 Å². The lowest BCUT2D eigenvalue weighted by Gasteiger charge is -1.98. The van der Waals surface area contributed by atoms with E-state index in [0.717, 1.165) is 12.0 Å². The van der Waals surface area contributed by atoms with Gasteiger partial charge in [-0.2, -0.15) is 0 Å². The van der Waals surface area contributed by atoms with Gasteiger partial charge in [-0.15, -0.1) is 0 Å². The molecule has 70 valence electrons. The van der Waals surface area contributed by atoms with E-state index in [-0.39, 0.29) is 5.96 Å². The van der Waals surface area contributed by atoms with E-state index in [1.807, 2.05) is 18.3 Å². The van der Waals surface area contributed by atoms with E-state index in [4.69, 9.17) is 11.6 Å². The van der Waals surface area contributed by atoms with Crippen molar-refractivity contribution in [1.82, 2.24) is 10.4 Å². The first-order chi connectivity index (χ1) is 6.33. The Bertz CT molecular complexity index is 269. The molecule has 0 fully saturated rings. The molecule has 0 bridgehead atoms. The average Bonchev–Trinajstić information content (AvgIpc) is 2.19. The summed E-state index contributed by atoms with van der Waals surface area (Å²) in [6.45, 7) is 0.613. The smallest absolute Gasteiger partial charge is 0.203 e. The second-order valence-electron chi connectivity index (χ2n) is 2.52. The van der Waals surface area contributed by atoms with Crippen LogP contribution in [0.5, 0.6) is 0 Å². The fourth-order valence-corrected chi connectivity index (χ4v) is 0.897. The van der Waals surface area contributed by atoms with Crippen LogP contribution in [0.3, 0.4) is 0 Å². The van der Waals surface area contributed by atoms with E-state index < -0.39 is 0 Å². The lowest BCUT2D eigenvalue weighted by Crippen LogP contribution is -2.37. The highest BCUT2D eigenvalue weighted by Gasteiger charge is 1.90. The molecule has 0 aliphatic heterocycles. The summed E-state index contributed by atoms with van der Waals surface area (Å²) in [5, 5.41) is 0. The molecule has 5 nitrogen and oxygen atoms in total. The quantitative estimate of drug-likeness (QED) is 0.250. The standard InChI is InChI=1S/C8H13N5/c9-8(13-10)12-5-3-7-2-1-4-11-6-7/h1-2,4,6H,3,5,10H2,(H3,9,12,13). The third kappa shape index (κ3) is 3.53. The summed E-state index contributed by atoms with van der Waals surface area (Å²) in [5.74, 6) is 5.29. The van der Waals surface area contributed by atoms with Crippen molar-refractivity contribution in [3.05, 3.63) is 30.1 Å². The minimum atomic E-state index is 0.254. The molecule has 5 heteroatoms. The van der Waals surface area contributed by atoms with Crippen molar-refractivity contribution >= 4 is 5.96 Å². The predicted octanol–water partition coefficient (Wildman–Crippen LogP) is -0.598. The normalized spacial score (nSPS) is 11.3. The minimum absolute atomic E-state index is 0.254. The SMILES string of the molecule is NNC(N)=NCCc1cccnc1. The third-order valence-electron chi connectivity index (χ3n) is 1.55. The molecule has 0 saturated heterocycles. The Morgan fingerprint density at radius 2 is 2.46 bits per heavy atom. The number of nitrogens with one attached hydrogen (secondary N) is 1. The Kier molecular flexibility index (Phi) is 3.72. The van der Waals surface area contributed by atoms with Crippen molar-refractivity contribution in [3.63, 3.8) is 0 Å². The summed E-state index contributed by atoms with van der Waals surface area (Å²) in [4.78, 5) is 7.95. The zero-order chi connectivity index (χ0) is 9.52. The van der Waals surface area contributed by atoms with Crippen LogP contribution in [0.1, 0.15) is 5.56 Å². The fraction of sp³-hybridized carbons (Fsp3) is 0.250. The van der Waals surface area contributed by atoms with Crippen LogP contribution in [0.25, 0.3) is 0 Å². The van der Waals surface area contributed by atoms with E-state index in [1.54, 1.807) is 6.20 Å². The monoisotopic (exact) mass is 179 g/mol. The van der Waals surface area contributed by atoms with Gasteiger partial charge in [-0.1, -0.05) is 6.07 Å². The number of pyridine rings is 1. The Morgan fingerprint density at radius 3 is 3.08 bits per heavy atom. The van der Waals surface area contributed by atoms with Gasteiger partial charge in [0, 0.05) is 18.9 Å². The summed E-state index contributed by atoms with van der Waals surface area (Å²) >= 11 is 0. The number of aliphatic imine (C=N–C) groups is 1. The number of hydrazine groups is 1. The van der Waals surface area contributed by atoms with Gasteiger partial charge in [0.2, 0.25) is 5.96 Å². The Labute approximate surface area is 76.8 Å². The molecule has 5 N–H and O–H groups in total. The van der Waals surface area contributed by atoms with Gasteiger partial charge < -0.3 is 5.73 Å². The van der Waals surface area contributed by atoms with Gasteiger partial charge in [0.1, 0.15) is 0 Å². The maximum atomic E-state index is 5.34. The summed E-state index contributed by atoms with van der Waals surface area (Å²) in [7, 11) is 0. The van der Waals surface area contributed by atoms with Gasteiger partial charge in [-0.3, -0.25) is 15.4 Å². The fourth-order valence-electron chi connectivity index (χ4n) is 0.897. The Balaban J connectivity index is 2.36. The highest BCUT2D eigenvalue weighted by atomic mass is 15.3. The van der Waals surface area contributed by atoms with Gasteiger partial charge in [-0.05, 0) is 18.1 Å². The Hall–Kier alpha value is -1.62. The number of nitrogens with zero attached hydrogens (tertiary/aromatic N) is 2. The second kappa shape index (κ2) is 5.10. The largest absolute Gasteiger partial charge is 0.369 e. The molecule has 1 rings (SSSR count). The highest BCUT2D eigenvalue weighted by molar-refractivity contribution is 5.77. The van der Waals surface area contributed by atoms with Crippen molar-refractivity contribution in [2.75, 3.05) is 6.54 Å². The maximum absolute atomic E-state index is 5.34. The van der Waals surface area contributed by atoms with Gasteiger partial charge in [-0.25, -0.2) is 5.84 Å². The maximum Gasteiger partial charge on any atom is 0.203 e. The minimum Gasteiger partial charge on any atom is -0.369 e. The molecule has 1 heterocycles. The number of guanidine groups is 1. The number of aromatic nitrogens is 1. The lowest BCUT2D eigenvalue weighted by atomic mass is 10.2.